The second kappa shape index (κ2) is 6.86. The highest BCUT2D eigenvalue weighted by Crippen LogP contribution is 2.22. The van der Waals surface area contributed by atoms with Gasteiger partial charge in [0, 0.05) is 18.8 Å². The molecule has 2 N–H and O–H groups in total. The number of rotatable bonds is 5. The number of nitrogen functional groups attached to an aromatic ring is 1. The fraction of sp³-hybridized carbons (Fsp3) is 0.250. The lowest BCUT2D eigenvalue weighted by Gasteiger charge is -2.21. The Morgan fingerprint density at radius 2 is 1.80 bits per heavy atom. The van der Waals surface area contributed by atoms with E-state index in [1.165, 1.54) is 11.6 Å². The number of nitrogens with zero attached hydrogens (tertiary/aromatic N) is 1. The van der Waals surface area contributed by atoms with Crippen LogP contribution in [-0.4, -0.2) is 11.4 Å². The molecule has 0 aromatic heterocycles. The number of halogens is 2. The summed E-state index contributed by atoms with van der Waals surface area (Å²) in [5.74, 6) is -0.217. The zero-order valence-corrected chi connectivity index (χ0v) is 13.0. The quantitative estimate of drug-likeness (QED) is 0.829. The van der Waals surface area contributed by atoms with E-state index in [1.54, 1.807) is 6.07 Å². The van der Waals surface area contributed by atoms with Crippen molar-refractivity contribution in [3.63, 3.8) is 0 Å². The molecule has 0 unspecified atom stereocenters. The molecule has 0 amide bonds. The van der Waals surface area contributed by atoms with E-state index >= 15 is 0 Å². The molecular weight excluding hydrogens is 319 g/mol. The SMILES string of the molecule is CCN(Cc1ccc(N)cc1)Cc1cccc(F)c1Br. The van der Waals surface area contributed by atoms with Gasteiger partial charge >= 0.3 is 0 Å². The first kappa shape index (κ1) is 15.0. The molecule has 20 heavy (non-hydrogen) atoms. The average Bonchev–Trinajstić information content (AvgIpc) is 2.45. The van der Waals surface area contributed by atoms with Gasteiger partial charge in [-0.1, -0.05) is 31.2 Å². The molecule has 2 aromatic carbocycles. The number of hydrogen-bond acceptors (Lipinski definition) is 2. The molecule has 2 aromatic rings. The van der Waals surface area contributed by atoms with Crippen LogP contribution < -0.4 is 5.73 Å². The third-order valence-corrected chi connectivity index (χ3v) is 4.15. The van der Waals surface area contributed by atoms with Gasteiger partial charge in [0.15, 0.2) is 0 Å². The van der Waals surface area contributed by atoms with Crippen molar-refractivity contribution in [2.75, 3.05) is 12.3 Å². The Hall–Kier alpha value is -1.39. The summed E-state index contributed by atoms with van der Waals surface area (Å²) in [6, 6.07) is 13.0. The summed E-state index contributed by atoms with van der Waals surface area (Å²) < 4.78 is 14.1. The maximum atomic E-state index is 13.5. The summed E-state index contributed by atoms with van der Waals surface area (Å²) in [6.07, 6.45) is 0. The van der Waals surface area contributed by atoms with Crippen LogP contribution in [0.3, 0.4) is 0 Å². The Morgan fingerprint density at radius 1 is 1.10 bits per heavy atom. The smallest absolute Gasteiger partial charge is 0.137 e. The molecule has 0 radical (unpaired) electrons. The zero-order valence-electron chi connectivity index (χ0n) is 11.4. The zero-order chi connectivity index (χ0) is 14.5. The van der Waals surface area contributed by atoms with Crippen LogP contribution in [0.2, 0.25) is 0 Å². The van der Waals surface area contributed by atoms with E-state index in [4.69, 9.17) is 5.73 Å². The third kappa shape index (κ3) is 3.81. The Labute approximate surface area is 127 Å². The Morgan fingerprint density at radius 3 is 2.45 bits per heavy atom. The first-order valence-corrected chi connectivity index (χ1v) is 7.39. The van der Waals surface area contributed by atoms with E-state index in [0.717, 1.165) is 24.3 Å². The van der Waals surface area contributed by atoms with E-state index < -0.39 is 0 Å². The number of hydrogen-bond donors (Lipinski definition) is 1. The summed E-state index contributed by atoms with van der Waals surface area (Å²) >= 11 is 3.31. The van der Waals surface area contributed by atoms with E-state index in [9.17, 15) is 4.39 Å². The standard InChI is InChI=1S/C16H18BrFN2/c1-2-20(10-12-6-8-14(19)9-7-12)11-13-4-3-5-15(18)16(13)17/h3-9H,2,10-11,19H2,1H3. The lowest BCUT2D eigenvalue weighted by molar-refractivity contribution is 0.270. The van der Waals surface area contributed by atoms with Crippen molar-refractivity contribution in [2.24, 2.45) is 0 Å². The minimum absolute atomic E-state index is 0.217. The molecule has 0 saturated heterocycles. The number of anilines is 1. The van der Waals surface area contributed by atoms with Gasteiger partial charge in [0.1, 0.15) is 5.82 Å². The summed E-state index contributed by atoms with van der Waals surface area (Å²) in [7, 11) is 0. The van der Waals surface area contributed by atoms with Gasteiger partial charge in [-0.25, -0.2) is 4.39 Å². The second-order valence-electron chi connectivity index (χ2n) is 4.76. The van der Waals surface area contributed by atoms with Crippen LogP contribution in [0, 0.1) is 5.82 Å². The molecule has 0 aliphatic heterocycles. The summed E-state index contributed by atoms with van der Waals surface area (Å²) in [6.45, 7) is 4.52. The van der Waals surface area contributed by atoms with Gasteiger partial charge in [-0.15, -0.1) is 0 Å². The minimum Gasteiger partial charge on any atom is -0.399 e. The topological polar surface area (TPSA) is 29.3 Å². The molecule has 0 heterocycles. The monoisotopic (exact) mass is 336 g/mol. The molecule has 0 fully saturated rings. The first-order valence-electron chi connectivity index (χ1n) is 6.59. The maximum absolute atomic E-state index is 13.5. The van der Waals surface area contributed by atoms with Crippen LogP contribution in [0.15, 0.2) is 46.9 Å². The molecule has 4 heteroatoms. The number of nitrogens with two attached hydrogens (primary N) is 1. The van der Waals surface area contributed by atoms with Crippen LogP contribution in [0.1, 0.15) is 18.1 Å². The average molecular weight is 337 g/mol. The highest BCUT2D eigenvalue weighted by molar-refractivity contribution is 9.10. The van der Waals surface area contributed by atoms with Crippen LogP contribution in [-0.2, 0) is 13.1 Å². The predicted molar refractivity (Wildman–Crippen MR) is 84.7 cm³/mol. The highest BCUT2D eigenvalue weighted by Gasteiger charge is 2.10. The second-order valence-corrected chi connectivity index (χ2v) is 5.55. The molecule has 106 valence electrons. The molecule has 0 saturated carbocycles. The van der Waals surface area contributed by atoms with E-state index in [0.29, 0.717) is 11.0 Å². The minimum atomic E-state index is -0.217. The van der Waals surface area contributed by atoms with Gasteiger partial charge in [-0.05, 0) is 51.8 Å². The lowest BCUT2D eigenvalue weighted by atomic mass is 10.1. The fourth-order valence-corrected chi connectivity index (χ4v) is 2.46. The van der Waals surface area contributed by atoms with E-state index in [2.05, 4.69) is 27.8 Å². The molecule has 0 aliphatic rings. The lowest BCUT2D eigenvalue weighted by Crippen LogP contribution is -2.22. The van der Waals surface area contributed by atoms with Crippen molar-refractivity contribution in [3.8, 4) is 0 Å². The molecule has 2 rings (SSSR count). The molecule has 0 aliphatic carbocycles. The van der Waals surface area contributed by atoms with Crippen molar-refractivity contribution in [2.45, 2.75) is 20.0 Å². The van der Waals surface area contributed by atoms with Gasteiger partial charge < -0.3 is 5.73 Å². The summed E-state index contributed by atoms with van der Waals surface area (Å²) in [4.78, 5) is 2.26. The molecule has 0 spiro atoms. The van der Waals surface area contributed by atoms with Gasteiger partial charge in [0.25, 0.3) is 0 Å². The van der Waals surface area contributed by atoms with Crippen molar-refractivity contribution < 1.29 is 4.39 Å². The Kier molecular flexibility index (Phi) is 5.15. The van der Waals surface area contributed by atoms with Gasteiger partial charge in [-0.2, -0.15) is 0 Å². The fourth-order valence-electron chi connectivity index (χ4n) is 2.07. The summed E-state index contributed by atoms with van der Waals surface area (Å²) in [5.41, 5.74) is 8.62. The van der Waals surface area contributed by atoms with Gasteiger partial charge in [0.05, 0.1) is 4.47 Å². The Bertz CT molecular complexity index is 569. The molecule has 0 atom stereocenters. The highest BCUT2D eigenvalue weighted by atomic mass is 79.9. The van der Waals surface area contributed by atoms with Crippen molar-refractivity contribution in [1.29, 1.82) is 0 Å². The molecule has 2 nitrogen and oxygen atoms in total. The number of benzene rings is 2. The maximum Gasteiger partial charge on any atom is 0.137 e. The van der Waals surface area contributed by atoms with Crippen LogP contribution in [0.25, 0.3) is 0 Å². The van der Waals surface area contributed by atoms with E-state index in [1.807, 2.05) is 30.3 Å². The largest absolute Gasteiger partial charge is 0.399 e. The predicted octanol–water partition coefficient (Wildman–Crippen LogP) is 4.19. The van der Waals surface area contributed by atoms with Crippen LogP contribution >= 0.6 is 15.9 Å². The van der Waals surface area contributed by atoms with Crippen LogP contribution in [0.4, 0.5) is 10.1 Å². The van der Waals surface area contributed by atoms with Gasteiger partial charge in [0.2, 0.25) is 0 Å². The Balaban J connectivity index is 2.09. The molecular formula is C16H18BrFN2. The van der Waals surface area contributed by atoms with Crippen molar-refractivity contribution in [3.05, 3.63) is 63.9 Å². The normalized spacial score (nSPS) is 11.0. The first-order chi connectivity index (χ1) is 9.60. The van der Waals surface area contributed by atoms with Gasteiger partial charge in [-0.3, -0.25) is 4.90 Å². The van der Waals surface area contributed by atoms with Crippen molar-refractivity contribution in [1.82, 2.24) is 4.90 Å². The van der Waals surface area contributed by atoms with E-state index in [-0.39, 0.29) is 5.82 Å². The third-order valence-electron chi connectivity index (χ3n) is 3.26. The summed E-state index contributed by atoms with van der Waals surface area (Å²) in [5, 5.41) is 0. The van der Waals surface area contributed by atoms with Crippen molar-refractivity contribution >= 4 is 21.6 Å². The van der Waals surface area contributed by atoms with Crippen LogP contribution in [0.5, 0.6) is 0 Å². The molecule has 0 bridgehead atoms.